The zero-order valence-electron chi connectivity index (χ0n) is 16.5. The normalized spacial score (nSPS) is 23.1. The van der Waals surface area contributed by atoms with Gasteiger partial charge >= 0.3 is 0 Å². The van der Waals surface area contributed by atoms with Crippen LogP contribution in [0.2, 0.25) is 0 Å². The molecule has 0 saturated carbocycles. The first kappa shape index (κ1) is 19.4. The lowest BCUT2D eigenvalue weighted by molar-refractivity contribution is 0.423. The molecule has 25 heavy (non-hydrogen) atoms. The number of nitrogens with zero attached hydrogens (tertiary/aromatic N) is 1. The molecule has 0 N–H and O–H groups in total. The van der Waals surface area contributed by atoms with Crippen LogP contribution in [0.1, 0.15) is 53.0 Å². The third-order valence-corrected chi connectivity index (χ3v) is 5.94. The molecule has 3 unspecified atom stereocenters. The van der Waals surface area contributed by atoms with Crippen molar-refractivity contribution >= 4 is 5.71 Å². The van der Waals surface area contributed by atoms with Gasteiger partial charge < -0.3 is 0 Å². The first-order chi connectivity index (χ1) is 11.9. The van der Waals surface area contributed by atoms with Crippen LogP contribution in [0.4, 0.5) is 0 Å². The predicted molar refractivity (Wildman–Crippen MR) is 111 cm³/mol. The summed E-state index contributed by atoms with van der Waals surface area (Å²) in [4.78, 5) is 4.77. The number of hydrogen-bond acceptors (Lipinski definition) is 1. The summed E-state index contributed by atoms with van der Waals surface area (Å²) in [5.41, 5.74) is 4.93. The van der Waals surface area contributed by atoms with E-state index in [-0.39, 0.29) is 5.41 Å². The van der Waals surface area contributed by atoms with Crippen molar-refractivity contribution < 1.29 is 0 Å². The minimum absolute atomic E-state index is 0.0130. The zero-order chi connectivity index (χ0) is 18.4. The number of benzene rings is 1. The van der Waals surface area contributed by atoms with E-state index in [9.17, 15) is 0 Å². The van der Waals surface area contributed by atoms with E-state index in [4.69, 9.17) is 4.99 Å². The second-order valence-electron chi connectivity index (χ2n) is 7.70. The van der Waals surface area contributed by atoms with Gasteiger partial charge in [-0.1, -0.05) is 89.3 Å². The maximum atomic E-state index is 4.77. The maximum absolute atomic E-state index is 4.77. The molecule has 1 aromatic carbocycles. The van der Waals surface area contributed by atoms with E-state index in [2.05, 4.69) is 83.7 Å². The highest BCUT2D eigenvalue weighted by atomic mass is 14.7. The highest BCUT2D eigenvalue weighted by molar-refractivity contribution is 5.98. The Hall–Kier alpha value is -1.89. The van der Waals surface area contributed by atoms with Gasteiger partial charge in [0.25, 0.3) is 0 Å². The van der Waals surface area contributed by atoms with Gasteiger partial charge in [-0.25, -0.2) is 0 Å². The fourth-order valence-corrected chi connectivity index (χ4v) is 3.19. The molecule has 0 aliphatic heterocycles. The van der Waals surface area contributed by atoms with Gasteiger partial charge in [0, 0.05) is 11.1 Å². The van der Waals surface area contributed by atoms with Gasteiger partial charge in [0.05, 0.1) is 6.54 Å². The van der Waals surface area contributed by atoms with Crippen molar-refractivity contribution in [2.45, 2.75) is 47.5 Å². The molecule has 0 fully saturated rings. The second kappa shape index (κ2) is 8.47. The Balaban J connectivity index is 2.01. The van der Waals surface area contributed by atoms with Crippen LogP contribution in [0.25, 0.3) is 0 Å². The summed E-state index contributed by atoms with van der Waals surface area (Å²) >= 11 is 0. The summed E-state index contributed by atoms with van der Waals surface area (Å²) in [6, 6.07) is 10.4. The smallest absolute Gasteiger partial charge is 0.0608 e. The van der Waals surface area contributed by atoms with E-state index in [1.165, 1.54) is 23.1 Å². The third kappa shape index (κ3) is 4.81. The van der Waals surface area contributed by atoms with Crippen molar-refractivity contribution in [1.29, 1.82) is 0 Å². The van der Waals surface area contributed by atoms with E-state index in [0.29, 0.717) is 12.5 Å². The quantitative estimate of drug-likeness (QED) is 0.392. The molecule has 1 aliphatic rings. The Morgan fingerprint density at radius 1 is 1.24 bits per heavy atom. The van der Waals surface area contributed by atoms with Crippen LogP contribution < -0.4 is 0 Å². The van der Waals surface area contributed by atoms with Crippen LogP contribution in [0.5, 0.6) is 0 Å². The van der Waals surface area contributed by atoms with Gasteiger partial charge in [-0.15, -0.1) is 0 Å². The fraction of sp³-hybridized carbons (Fsp3) is 0.458. The number of rotatable bonds is 7. The molecular formula is C24H33N. The van der Waals surface area contributed by atoms with Crippen LogP contribution in [-0.4, -0.2) is 12.3 Å². The van der Waals surface area contributed by atoms with E-state index >= 15 is 0 Å². The van der Waals surface area contributed by atoms with Crippen LogP contribution in [-0.2, 0) is 0 Å². The standard InChI is InChI=1S/C24H33N/c1-7-18(2)20(4)22-13-15-24(6,16-14-22)19(3)17-25-21(5)23-11-9-8-10-12-23/h8-15,18,20H,3,7,16-17H2,1-2,4-6H3/b25-21+. The average Bonchev–Trinajstić information content (AvgIpc) is 2.65. The monoisotopic (exact) mass is 335 g/mol. The van der Waals surface area contributed by atoms with Crippen molar-refractivity contribution in [2.24, 2.45) is 22.2 Å². The molecule has 1 aliphatic carbocycles. The van der Waals surface area contributed by atoms with E-state index in [0.717, 1.165) is 18.1 Å². The Morgan fingerprint density at radius 2 is 1.92 bits per heavy atom. The summed E-state index contributed by atoms with van der Waals surface area (Å²) in [5, 5.41) is 0. The molecule has 0 amide bonds. The molecule has 134 valence electrons. The summed E-state index contributed by atoms with van der Waals surface area (Å²) in [6.45, 7) is 16.3. The summed E-state index contributed by atoms with van der Waals surface area (Å²) < 4.78 is 0. The Labute approximate surface area is 154 Å². The maximum Gasteiger partial charge on any atom is 0.0608 e. The lowest BCUT2D eigenvalue weighted by Gasteiger charge is -2.32. The molecule has 0 aromatic heterocycles. The van der Waals surface area contributed by atoms with Gasteiger partial charge in [0.15, 0.2) is 0 Å². The number of hydrogen-bond donors (Lipinski definition) is 0. The molecular weight excluding hydrogens is 302 g/mol. The van der Waals surface area contributed by atoms with Crippen molar-refractivity contribution in [2.75, 3.05) is 6.54 Å². The van der Waals surface area contributed by atoms with Gasteiger partial charge in [0.1, 0.15) is 0 Å². The van der Waals surface area contributed by atoms with Crippen molar-refractivity contribution in [3.05, 3.63) is 71.8 Å². The SMILES string of the molecule is C=C(C/N=C(\C)c1ccccc1)C1(C)C=CC(C(C)C(C)CC)=CC1. The zero-order valence-corrected chi connectivity index (χ0v) is 16.5. The third-order valence-electron chi connectivity index (χ3n) is 5.94. The largest absolute Gasteiger partial charge is 0.285 e. The van der Waals surface area contributed by atoms with Gasteiger partial charge in [-0.3, -0.25) is 4.99 Å². The Kier molecular flexibility index (Phi) is 6.58. The number of allylic oxidation sites excluding steroid dienone is 4. The van der Waals surface area contributed by atoms with Gasteiger partial charge in [-0.2, -0.15) is 0 Å². The highest BCUT2D eigenvalue weighted by Crippen LogP contribution is 2.38. The average molecular weight is 336 g/mol. The molecule has 0 bridgehead atoms. The van der Waals surface area contributed by atoms with Crippen LogP contribution in [0.15, 0.2) is 71.3 Å². The van der Waals surface area contributed by atoms with E-state index < -0.39 is 0 Å². The Morgan fingerprint density at radius 3 is 2.48 bits per heavy atom. The molecule has 0 heterocycles. The van der Waals surface area contributed by atoms with E-state index in [1.807, 2.05) is 6.07 Å². The number of aliphatic imine (C=N–C) groups is 1. The lowest BCUT2D eigenvalue weighted by Crippen LogP contribution is -2.21. The first-order valence-corrected chi connectivity index (χ1v) is 9.51. The first-order valence-electron chi connectivity index (χ1n) is 9.51. The van der Waals surface area contributed by atoms with Crippen LogP contribution >= 0.6 is 0 Å². The Bertz CT molecular complexity index is 677. The predicted octanol–water partition coefficient (Wildman–Crippen LogP) is 6.63. The minimum atomic E-state index is 0.0130. The summed E-state index contributed by atoms with van der Waals surface area (Å²) in [6.07, 6.45) is 9.33. The van der Waals surface area contributed by atoms with Crippen molar-refractivity contribution in [3.63, 3.8) is 0 Å². The molecule has 1 nitrogen and oxygen atoms in total. The van der Waals surface area contributed by atoms with E-state index in [1.54, 1.807) is 0 Å². The molecule has 2 rings (SSSR count). The topological polar surface area (TPSA) is 12.4 Å². The molecule has 1 aromatic rings. The summed E-state index contributed by atoms with van der Waals surface area (Å²) in [7, 11) is 0. The lowest BCUT2D eigenvalue weighted by atomic mass is 9.73. The van der Waals surface area contributed by atoms with Crippen LogP contribution in [0.3, 0.4) is 0 Å². The molecule has 0 spiro atoms. The van der Waals surface area contributed by atoms with Gasteiger partial charge in [-0.05, 0) is 41.9 Å². The van der Waals surface area contributed by atoms with Gasteiger partial charge in [0.2, 0.25) is 0 Å². The fourth-order valence-electron chi connectivity index (χ4n) is 3.19. The molecule has 0 radical (unpaired) electrons. The minimum Gasteiger partial charge on any atom is -0.285 e. The van der Waals surface area contributed by atoms with Crippen molar-refractivity contribution in [3.8, 4) is 0 Å². The molecule has 3 atom stereocenters. The highest BCUT2D eigenvalue weighted by Gasteiger charge is 2.27. The summed E-state index contributed by atoms with van der Waals surface area (Å²) in [5.74, 6) is 1.35. The van der Waals surface area contributed by atoms with Crippen LogP contribution in [0, 0.1) is 17.3 Å². The molecule has 0 saturated heterocycles. The second-order valence-corrected chi connectivity index (χ2v) is 7.70. The van der Waals surface area contributed by atoms with Crippen molar-refractivity contribution in [1.82, 2.24) is 0 Å². The molecule has 1 heteroatoms.